The highest BCUT2D eigenvalue weighted by Crippen LogP contribution is 2.29. The molecule has 0 spiro atoms. The molecule has 0 saturated heterocycles. The number of nitriles is 1. The van der Waals surface area contributed by atoms with E-state index < -0.39 is 23.9 Å². The van der Waals surface area contributed by atoms with E-state index in [-0.39, 0.29) is 0 Å². The topological polar surface area (TPSA) is 65.8 Å². The van der Waals surface area contributed by atoms with Gasteiger partial charge in [0.05, 0.1) is 10.8 Å². The van der Waals surface area contributed by atoms with E-state index in [1.165, 1.54) is 6.92 Å². The Morgan fingerprint density at radius 1 is 1.48 bits per heavy atom. The first-order valence-corrected chi connectivity index (χ1v) is 8.12. The summed E-state index contributed by atoms with van der Waals surface area (Å²) < 4.78 is 36.4. The van der Waals surface area contributed by atoms with Crippen LogP contribution >= 0.6 is 11.8 Å². The monoisotopic (exact) mass is 343 g/mol. The summed E-state index contributed by atoms with van der Waals surface area (Å²) in [7, 11) is 0. The Labute approximate surface area is 136 Å². The standard InChI is InChI=1S/C15H16F3N3OS/c1-9(13(22)20-8-15(16,17)18)23-14-11(7-19)6-10-4-2-3-5-12(10)21-14/h6,9H,2-5,8H2,1H3,(H,20,22). The molecule has 0 aliphatic heterocycles. The van der Waals surface area contributed by atoms with Gasteiger partial charge in [0, 0.05) is 5.69 Å². The van der Waals surface area contributed by atoms with E-state index in [1.807, 2.05) is 5.32 Å². The summed E-state index contributed by atoms with van der Waals surface area (Å²) in [6, 6.07) is 3.83. The second-order valence-electron chi connectivity index (χ2n) is 5.36. The minimum atomic E-state index is -4.44. The molecule has 0 aromatic carbocycles. The second-order valence-corrected chi connectivity index (χ2v) is 6.69. The molecule has 1 aliphatic carbocycles. The normalized spacial score (nSPS) is 15.4. The molecule has 23 heavy (non-hydrogen) atoms. The van der Waals surface area contributed by atoms with Crippen molar-refractivity contribution in [2.45, 2.75) is 49.1 Å². The van der Waals surface area contributed by atoms with Gasteiger partial charge in [0.15, 0.2) is 0 Å². The Balaban J connectivity index is 2.09. The van der Waals surface area contributed by atoms with Crippen molar-refractivity contribution in [1.82, 2.24) is 10.3 Å². The van der Waals surface area contributed by atoms with Crippen molar-refractivity contribution in [3.8, 4) is 6.07 Å². The highest BCUT2D eigenvalue weighted by atomic mass is 32.2. The fraction of sp³-hybridized carbons (Fsp3) is 0.533. The van der Waals surface area contributed by atoms with Crippen LogP contribution in [0.15, 0.2) is 11.1 Å². The van der Waals surface area contributed by atoms with Gasteiger partial charge in [-0.05, 0) is 44.2 Å². The van der Waals surface area contributed by atoms with Crippen LogP contribution < -0.4 is 5.32 Å². The molecule has 0 fully saturated rings. The van der Waals surface area contributed by atoms with Crippen molar-refractivity contribution in [2.75, 3.05) is 6.54 Å². The van der Waals surface area contributed by atoms with Crippen molar-refractivity contribution in [3.63, 3.8) is 0 Å². The number of aryl methyl sites for hydroxylation is 2. The van der Waals surface area contributed by atoms with Gasteiger partial charge in [0.25, 0.3) is 0 Å². The molecule has 0 bridgehead atoms. The fourth-order valence-electron chi connectivity index (χ4n) is 2.34. The van der Waals surface area contributed by atoms with Crippen molar-refractivity contribution in [3.05, 3.63) is 22.9 Å². The summed E-state index contributed by atoms with van der Waals surface area (Å²) in [5, 5.41) is 10.7. The van der Waals surface area contributed by atoms with Gasteiger partial charge in [0.1, 0.15) is 17.6 Å². The number of halogens is 3. The molecule has 8 heteroatoms. The number of rotatable bonds is 4. The lowest BCUT2D eigenvalue weighted by Crippen LogP contribution is -2.38. The number of fused-ring (bicyclic) bond motifs is 1. The molecule has 124 valence electrons. The van der Waals surface area contributed by atoms with E-state index in [1.54, 1.807) is 6.07 Å². The number of thioether (sulfide) groups is 1. The van der Waals surface area contributed by atoms with Gasteiger partial charge in [-0.15, -0.1) is 0 Å². The van der Waals surface area contributed by atoms with E-state index >= 15 is 0 Å². The number of alkyl halides is 3. The lowest BCUT2D eigenvalue weighted by molar-refractivity contribution is -0.137. The average Bonchev–Trinajstić information content (AvgIpc) is 2.51. The van der Waals surface area contributed by atoms with Gasteiger partial charge in [-0.25, -0.2) is 4.98 Å². The minimum Gasteiger partial charge on any atom is -0.346 e. The molecule has 1 aromatic heterocycles. The first kappa shape index (κ1) is 17.6. The maximum absolute atomic E-state index is 12.1. The lowest BCUT2D eigenvalue weighted by atomic mass is 9.95. The summed E-state index contributed by atoms with van der Waals surface area (Å²) in [5.41, 5.74) is 2.33. The van der Waals surface area contributed by atoms with Crippen LogP contribution in [0.2, 0.25) is 0 Å². The zero-order valence-corrected chi connectivity index (χ0v) is 13.4. The minimum absolute atomic E-state index is 0.367. The predicted octanol–water partition coefficient (Wildman–Crippen LogP) is 2.99. The first-order valence-electron chi connectivity index (χ1n) is 7.24. The van der Waals surface area contributed by atoms with Crippen LogP contribution in [0.5, 0.6) is 0 Å². The van der Waals surface area contributed by atoms with Gasteiger partial charge >= 0.3 is 6.18 Å². The van der Waals surface area contributed by atoms with Crippen LogP contribution in [0, 0.1) is 11.3 Å². The Morgan fingerprint density at radius 3 is 2.83 bits per heavy atom. The van der Waals surface area contributed by atoms with Crippen molar-refractivity contribution in [2.24, 2.45) is 0 Å². The lowest BCUT2D eigenvalue weighted by Gasteiger charge is -2.18. The zero-order chi connectivity index (χ0) is 17.0. The SMILES string of the molecule is CC(Sc1nc2c(cc1C#N)CCCC2)C(=O)NCC(F)(F)F. The van der Waals surface area contributed by atoms with Gasteiger partial charge in [-0.1, -0.05) is 11.8 Å². The predicted molar refractivity (Wildman–Crippen MR) is 80.0 cm³/mol. The van der Waals surface area contributed by atoms with Gasteiger partial charge in [0.2, 0.25) is 5.91 Å². The average molecular weight is 343 g/mol. The maximum atomic E-state index is 12.1. The molecular formula is C15H16F3N3OS. The third-order valence-electron chi connectivity index (χ3n) is 3.51. The van der Waals surface area contributed by atoms with E-state index in [9.17, 15) is 23.2 Å². The summed E-state index contributed by atoms with van der Waals surface area (Å²) >= 11 is 1.01. The summed E-state index contributed by atoms with van der Waals surface area (Å²) in [5.74, 6) is -0.726. The zero-order valence-electron chi connectivity index (χ0n) is 12.5. The van der Waals surface area contributed by atoms with Crippen LogP contribution in [0.3, 0.4) is 0 Å². The van der Waals surface area contributed by atoms with Crippen LogP contribution in [0.1, 0.15) is 36.6 Å². The molecule has 1 N–H and O–H groups in total. The third-order valence-corrected chi connectivity index (χ3v) is 4.61. The molecule has 0 saturated carbocycles. The summed E-state index contributed by atoms with van der Waals surface area (Å²) in [6.07, 6.45) is -0.658. The second kappa shape index (κ2) is 7.21. The Bertz CT molecular complexity index is 640. The Hall–Kier alpha value is -1.75. The molecule has 4 nitrogen and oxygen atoms in total. The highest BCUT2D eigenvalue weighted by Gasteiger charge is 2.29. The van der Waals surface area contributed by atoms with Crippen LogP contribution in [-0.4, -0.2) is 28.9 Å². The molecule has 1 heterocycles. The number of nitrogens with zero attached hydrogens (tertiary/aromatic N) is 2. The van der Waals surface area contributed by atoms with Gasteiger partial charge in [-0.3, -0.25) is 4.79 Å². The number of amides is 1. The first-order chi connectivity index (χ1) is 10.8. The number of carbonyl (C=O) groups is 1. The van der Waals surface area contributed by atoms with Gasteiger partial charge < -0.3 is 5.32 Å². The molecule has 1 amide bonds. The maximum Gasteiger partial charge on any atom is 0.405 e. The van der Waals surface area contributed by atoms with Crippen molar-refractivity contribution >= 4 is 17.7 Å². The number of hydrogen-bond donors (Lipinski definition) is 1. The van der Waals surface area contributed by atoms with Crippen LogP contribution in [-0.2, 0) is 17.6 Å². The number of carbonyl (C=O) groups excluding carboxylic acids is 1. The molecule has 1 unspecified atom stereocenters. The van der Waals surface area contributed by atoms with E-state index in [0.29, 0.717) is 10.6 Å². The van der Waals surface area contributed by atoms with Crippen LogP contribution in [0.25, 0.3) is 0 Å². The molecule has 1 aromatic rings. The molecule has 2 rings (SSSR count). The van der Waals surface area contributed by atoms with Crippen molar-refractivity contribution in [1.29, 1.82) is 5.26 Å². The Morgan fingerprint density at radius 2 is 2.17 bits per heavy atom. The molecular weight excluding hydrogens is 327 g/mol. The van der Waals surface area contributed by atoms with E-state index in [2.05, 4.69) is 11.1 Å². The largest absolute Gasteiger partial charge is 0.405 e. The molecule has 1 aliphatic rings. The highest BCUT2D eigenvalue weighted by molar-refractivity contribution is 8.00. The Kier molecular flexibility index (Phi) is 5.52. The van der Waals surface area contributed by atoms with E-state index in [4.69, 9.17) is 0 Å². The number of pyridine rings is 1. The smallest absolute Gasteiger partial charge is 0.346 e. The molecule has 0 radical (unpaired) electrons. The van der Waals surface area contributed by atoms with Gasteiger partial charge in [-0.2, -0.15) is 18.4 Å². The van der Waals surface area contributed by atoms with E-state index in [0.717, 1.165) is 48.7 Å². The number of aromatic nitrogens is 1. The van der Waals surface area contributed by atoms with Crippen molar-refractivity contribution < 1.29 is 18.0 Å². The third kappa shape index (κ3) is 4.86. The summed E-state index contributed by atoms with van der Waals surface area (Å²) in [4.78, 5) is 16.2. The molecule has 1 atom stereocenters. The van der Waals surface area contributed by atoms with Crippen LogP contribution in [0.4, 0.5) is 13.2 Å². The number of nitrogens with one attached hydrogen (secondary N) is 1. The quantitative estimate of drug-likeness (QED) is 0.854. The fourth-order valence-corrected chi connectivity index (χ4v) is 3.26. The number of hydrogen-bond acceptors (Lipinski definition) is 4. The summed E-state index contributed by atoms with van der Waals surface area (Å²) in [6.45, 7) is 0.137.